The molecule has 1 amide bonds. The first-order chi connectivity index (χ1) is 12.5. The zero-order valence-electron chi connectivity index (χ0n) is 14.1. The summed E-state index contributed by atoms with van der Waals surface area (Å²) < 4.78 is 1.63. The zero-order chi connectivity index (χ0) is 18.3. The van der Waals surface area contributed by atoms with Crippen LogP contribution in [0.1, 0.15) is 21.9 Å². The van der Waals surface area contributed by atoms with E-state index in [1.165, 1.54) is 0 Å². The molecule has 2 aromatic heterocycles. The van der Waals surface area contributed by atoms with Crippen LogP contribution >= 0.6 is 11.6 Å². The van der Waals surface area contributed by atoms with Gasteiger partial charge in [-0.2, -0.15) is 4.68 Å². The molecule has 26 heavy (non-hydrogen) atoms. The van der Waals surface area contributed by atoms with E-state index in [1.807, 2.05) is 44.2 Å². The van der Waals surface area contributed by atoms with Gasteiger partial charge in [-0.15, -0.1) is 5.10 Å². The quantitative estimate of drug-likeness (QED) is 0.579. The maximum atomic E-state index is 12.6. The molecule has 0 bridgehead atoms. The topological polar surface area (TPSA) is 88.5 Å². The van der Waals surface area contributed by atoms with Crippen molar-refractivity contribution in [3.05, 3.63) is 64.6 Å². The number of carbonyl (C=O) groups excluding carboxylic acids is 1. The van der Waals surface area contributed by atoms with Gasteiger partial charge in [0.25, 0.3) is 5.91 Å². The van der Waals surface area contributed by atoms with E-state index in [2.05, 4.69) is 25.8 Å². The number of benzene rings is 2. The summed E-state index contributed by atoms with van der Waals surface area (Å²) in [5.74, 6) is 0.435. The third kappa shape index (κ3) is 2.93. The third-order valence-electron chi connectivity index (χ3n) is 4.15. The molecule has 0 unspecified atom stereocenters. The fraction of sp³-hybridized carbons (Fsp3) is 0.111. The summed E-state index contributed by atoms with van der Waals surface area (Å²) in [7, 11) is 0. The minimum atomic E-state index is -0.236. The lowest BCUT2D eigenvalue weighted by Gasteiger charge is -2.10. The predicted molar refractivity (Wildman–Crippen MR) is 99.9 cm³/mol. The molecule has 2 heterocycles. The molecule has 7 nitrogen and oxygen atoms in total. The number of halogens is 1. The second-order valence-electron chi connectivity index (χ2n) is 6.01. The molecule has 130 valence electrons. The Hall–Kier alpha value is -3.19. The van der Waals surface area contributed by atoms with Crippen LogP contribution in [0.5, 0.6) is 0 Å². The second-order valence-corrected chi connectivity index (χ2v) is 6.44. The van der Waals surface area contributed by atoms with Crippen LogP contribution in [-0.2, 0) is 0 Å². The monoisotopic (exact) mass is 366 g/mol. The number of fused-ring (bicyclic) bond motifs is 1. The molecule has 0 aliphatic heterocycles. The van der Waals surface area contributed by atoms with Crippen LogP contribution in [0.4, 0.5) is 5.69 Å². The third-order valence-corrected chi connectivity index (χ3v) is 4.38. The Balaban J connectivity index is 1.64. The van der Waals surface area contributed by atoms with Gasteiger partial charge in [0, 0.05) is 21.6 Å². The Morgan fingerprint density at radius 1 is 1.15 bits per heavy atom. The van der Waals surface area contributed by atoms with E-state index >= 15 is 0 Å². The van der Waals surface area contributed by atoms with Crippen molar-refractivity contribution in [3.63, 3.8) is 0 Å². The van der Waals surface area contributed by atoms with Gasteiger partial charge in [0.05, 0.1) is 5.69 Å². The van der Waals surface area contributed by atoms with E-state index in [0.29, 0.717) is 22.2 Å². The lowest BCUT2D eigenvalue weighted by atomic mass is 10.1. The van der Waals surface area contributed by atoms with Crippen LogP contribution in [0, 0.1) is 13.8 Å². The van der Waals surface area contributed by atoms with Crippen LogP contribution in [0.15, 0.2) is 42.5 Å². The molecule has 0 fully saturated rings. The van der Waals surface area contributed by atoms with Crippen molar-refractivity contribution in [1.82, 2.24) is 25.2 Å². The number of tetrazole rings is 1. The number of hydrogen-bond acceptors (Lipinski definition) is 4. The van der Waals surface area contributed by atoms with Gasteiger partial charge in [-0.25, -0.2) is 0 Å². The number of amides is 1. The maximum Gasteiger partial charge on any atom is 0.272 e. The largest absolute Gasteiger partial charge is 0.351 e. The van der Waals surface area contributed by atoms with E-state index in [4.69, 9.17) is 11.6 Å². The van der Waals surface area contributed by atoms with Crippen molar-refractivity contribution in [3.8, 4) is 5.69 Å². The summed E-state index contributed by atoms with van der Waals surface area (Å²) in [5, 5.41) is 16.0. The molecule has 4 rings (SSSR count). The summed E-state index contributed by atoms with van der Waals surface area (Å²) in [6.45, 7) is 3.78. The van der Waals surface area contributed by atoms with Gasteiger partial charge in [0.2, 0.25) is 0 Å². The van der Waals surface area contributed by atoms with Crippen molar-refractivity contribution in [1.29, 1.82) is 0 Å². The van der Waals surface area contributed by atoms with Crippen LogP contribution in [0.2, 0.25) is 5.02 Å². The Labute approximate surface area is 154 Å². The van der Waals surface area contributed by atoms with Gasteiger partial charge >= 0.3 is 0 Å². The molecule has 0 saturated heterocycles. The highest BCUT2D eigenvalue weighted by Crippen LogP contribution is 2.22. The van der Waals surface area contributed by atoms with Crippen molar-refractivity contribution in [2.75, 3.05) is 5.32 Å². The van der Waals surface area contributed by atoms with Crippen LogP contribution in [-0.4, -0.2) is 31.1 Å². The Bertz CT molecular complexity index is 1130. The van der Waals surface area contributed by atoms with Gasteiger partial charge in [-0.3, -0.25) is 4.79 Å². The molecule has 2 N–H and O–H groups in total. The molecule has 0 saturated carbocycles. The average molecular weight is 367 g/mol. The number of aromatic amines is 1. The molecule has 0 atom stereocenters. The van der Waals surface area contributed by atoms with Gasteiger partial charge in [0.1, 0.15) is 5.69 Å². The predicted octanol–water partition coefficient (Wildman–Crippen LogP) is 3.67. The van der Waals surface area contributed by atoms with Gasteiger partial charge in [-0.05, 0) is 66.2 Å². The Kier molecular flexibility index (Phi) is 3.93. The Morgan fingerprint density at radius 2 is 2.00 bits per heavy atom. The number of rotatable bonds is 3. The van der Waals surface area contributed by atoms with Crippen LogP contribution in [0.3, 0.4) is 0 Å². The molecule has 8 heteroatoms. The average Bonchev–Trinajstić information content (AvgIpc) is 3.22. The van der Waals surface area contributed by atoms with Gasteiger partial charge in [-0.1, -0.05) is 17.7 Å². The molecule has 0 radical (unpaired) electrons. The highest BCUT2D eigenvalue weighted by Gasteiger charge is 2.12. The molecule has 0 spiro atoms. The first-order valence-electron chi connectivity index (χ1n) is 7.97. The molecular weight excluding hydrogens is 352 g/mol. The molecule has 2 aromatic carbocycles. The standard InChI is InChI=1S/C18H15ClN6O/c1-10-3-5-14(9-17(10)25-11(2)22-23-24-25)20-18(26)16-8-12-7-13(19)4-6-15(12)21-16/h3-9,21H,1-2H3,(H,20,26). The van der Waals surface area contributed by atoms with Crippen molar-refractivity contribution < 1.29 is 4.79 Å². The first kappa shape index (κ1) is 16.3. The number of hydrogen-bond donors (Lipinski definition) is 2. The number of anilines is 1. The van der Waals surface area contributed by atoms with Crippen LogP contribution in [0.25, 0.3) is 16.6 Å². The normalized spacial score (nSPS) is 11.0. The molecule has 0 aliphatic carbocycles. The number of nitrogens with zero attached hydrogens (tertiary/aromatic N) is 4. The van der Waals surface area contributed by atoms with E-state index in [1.54, 1.807) is 16.8 Å². The van der Waals surface area contributed by atoms with E-state index in [-0.39, 0.29) is 5.91 Å². The number of carbonyl (C=O) groups is 1. The van der Waals surface area contributed by atoms with E-state index in [0.717, 1.165) is 22.2 Å². The fourth-order valence-corrected chi connectivity index (χ4v) is 2.97. The smallest absolute Gasteiger partial charge is 0.272 e. The summed E-state index contributed by atoms with van der Waals surface area (Å²) in [5.41, 5.74) is 3.78. The van der Waals surface area contributed by atoms with Crippen molar-refractivity contribution in [2.24, 2.45) is 0 Å². The Morgan fingerprint density at radius 3 is 2.77 bits per heavy atom. The number of H-pyrrole nitrogens is 1. The van der Waals surface area contributed by atoms with Crippen molar-refractivity contribution >= 4 is 34.1 Å². The fourth-order valence-electron chi connectivity index (χ4n) is 2.79. The highest BCUT2D eigenvalue weighted by atomic mass is 35.5. The van der Waals surface area contributed by atoms with E-state index in [9.17, 15) is 4.79 Å². The number of aromatic nitrogens is 5. The molecule has 4 aromatic rings. The minimum Gasteiger partial charge on any atom is -0.351 e. The molecular formula is C18H15ClN6O. The number of nitrogens with one attached hydrogen (secondary N) is 2. The summed E-state index contributed by atoms with van der Waals surface area (Å²) in [6, 6.07) is 12.8. The van der Waals surface area contributed by atoms with Gasteiger partial charge < -0.3 is 10.3 Å². The van der Waals surface area contributed by atoms with E-state index < -0.39 is 0 Å². The highest BCUT2D eigenvalue weighted by molar-refractivity contribution is 6.31. The first-order valence-corrected chi connectivity index (χ1v) is 8.35. The van der Waals surface area contributed by atoms with Crippen molar-refractivity contribution in [2.45, 2.75) is 13.8 Å². The lowest BCUT2D eigenvalue weighted by Crippen LogP contribution is -2.13. The maximum absolute atomic E-state index is 12.6. The number of aryl methyl sites for hydroxylation is 2. The second kappa shape index (κ2) is 6.27. The SMILES string of the molecule is Cc1ccc(NC(=O)c2cc3cc(Cl)ccc3[nH]2)cc1-n1nnnc1C. The molecule has 0 aliphatic rings. The zero-order valence-corrected chi connectivity index (χ0v) is 14.9. The minimum absolute atomic E-state index is 0.236. The summed E-state index contributed by atoms with van der Waals surface area (Å²) in [6.07, 6.45) is 0. The van der Waals surface area contributed by atoms with Crippen LogP contribution < -0.4 is 5.32 Å². The summed E-state index contributed by atoms with van der Waals surface area (Å²) >= 11 is 6.00. The van der Waals surface area contributed by atoms with Gasteiger partial charge in [0.15, 0.2) is 5.82 Å². The summed E-state index contributed by atoms with van der Waals surface area (Å²) in [4.78, 5) is 15.7. The lowest BCUT2D eigenvalue weighted by molar-refractivity contribution is 0.102.